The predicted octanol–water partition coefficient (Wildman–Crippen LogP) is -2.73. The van der Waals surface area contributed by atoms with Crippen LogP contribution in [0.3, 0.4) is 0 Å². The molecule has 0 aliphatic carbocycles. The van der Waals surface area contributed by atoms with Gasteiger partial charge in [0, 0.05) is 13.1 Å². The van der Waals surface area contributed by atoms with E-state index in [1.165, 1.54) is 0 Å². The molecule has 0 bridgehead atoms. The van der Waals surface area contributed by atoms with Crippen molar-refractivity contribution in [3.63, 3.8) is 0 Å². The fourth-order valence-corrected chi connectivity index (χ4v) is 2.22. The smallest absolute Gasteiger partial charge is 0.407 e. The van der Waals surface area contributed by atoms with E-state index in [1.807, 2.05) is 20.8 Å². The summed E-state index contributed by atoms with van der Waals surface area (Å²) in [5.41, 5.74) is -0.514. The largest absolute Gasteiger partial charge is 1.00 e. The Morgan fingerprint density at radius 1 is 1.41 bits per heavy atom. The minimum atomic E-state index is -0.514. The molecule has 0 spiro atoms. The quantitative estimate of drug-likeness (QED) is 0.503. The van der Waals surface area contributed by atoms with Crippen molar-refractivity contribution in [2.45, 2.75) is 38.8 Å². The number of nitrogens with zero attached hydrogens (tertiary/aromatic N) is 3. The molecule has 7 nitrogen and oxygen atoms in total. The molecule has 0 aromatic carbocycles. The SMILES string of the molecule is CC(C)(C)OC(=O)NC1CCN(C(=O)CN2C=C[N+]=C2)C1.[I-]. The highest BCUT2D eigenvalue weighted by Crippen LogP contribution is 2.12. The van der Waals surface area contributed by atoms with Crippen molar-refractivity contribution in [3.8, 4) is 0 Å². The monoisotopic (exact) mass is 421 g/mol. The van der Waals surface area contributed by atoms with Gasteiger partial charge < -0.3 is 38.9 Å². The molecule has 22 heavy (non-hydrogen) atoms. The summed E-state index contributed by atoms with van der Waals surface area (Å²) in [6.07, 6.45) is 5.32. The number of nitrogens with one attached hydrogen (secondary N) is 1. The molecule has 0 aromatic rings. The molecular formula is C14H22IN4O3. The normalized spacial score (nSPS) is 20.0. The van der Waals surface area contributed by atoms with Crippen LogP contribution in [0.2, 0.25) is 0 Å². The van der Waals surface area contributed by atoms with Crippen molar-refractivity contribution in [2.75, 3.05) is 19.6 Å². The molecule has 1 fully saturated rings. The molecule has 1 N–H and O–H groups in total. The van der Waals surface area contributed by atoms with Gasteiger partial charge in [0.15, 0.2) is 12.7 Å². The molecule has 8 heteroatoms. The number of hydrogen-bond donors (Lipinski definition) is 1. The Hall–Kier alpha value is -1.32. The highest BCUT2D eigenvalue weighted by Gasteiger charge is 2.30. The second-order valence-electron chi connectivity index (χ2n) is 6.21. The second kappa shape index (κ2) is 7.80. The van der Waals surface area contributed by atoms with Crippen LogP contribution in [0.25, 0.3) is 0 Å². The lowest BCUT2D eigenvalue weighted by molar-refractivity contribution is -0.130. The van der Waals surface area contributed by atoms with E-state index in [-0.39, 0.29) is 42.5 Å². The standard InChI is InChI=1S/C14H22N4O3.HI/c1-14(2,3)21-13(20)16-11-4-6-18(8-11)12(19)9-17-7-5-15-10-17;/h5,7,10-11H,4,6,8-9H2,1-3H3,(H,16,20);1H/q+1;/p-1. The van der Waals surface area contributed by atoms with Crippen LogP contribution in [0.15, 0.2) is 12.4 Å². The number of carbonyl (C=O) groups excluding carboxylic acids is 2. The highest BCUT2D eigenvalue weighted by molar-refractivity contribution is 5.81. The first-order valence-electron chi connectivity index (χ1n) is 7.06. The molecule has 2 heterocycles. The zero-order valence-electron chi connectivity index (χ0n) is 13.1. The lowest BCUT2D eigenvalue weighted by Gasteiger charge is -2.22. The number of amides is 2. The van der Waals surface area contributed by atoms with Gasteiger partial charge in [0.25, 0.3) is 12.2 Å². The van der Waals surface area contributed by atoms with Gasteiger partial charge in [0.05, 0.1) is 6.04 Å². The number of alkyl carbamates (subject to hydrolysis) is 1. The Morgan fingerprint density at radius 3 is 2.73 bits per heavy atom. The van der Waals surface area contributed by atoms with Crippen LogP contribution in [-0.2, 0) is 9.53 Å². The van der Waals surface area contributed by atoms with Crippen LogP contribution >= 0.6 is 0 Å². The fraction of sp³-hybridized carbons (Fsp3) is 0.643. The molecule has 1 atom stereocenters. The number of likely N-dealkylation sites (tertiary alicyclic amines) is 1. The van der Waals surface area contributed by atoms with Crippen molar-refractivity contribution in [1.29, 1.82) is 0 Å². The average Bonchev–Trinajstić information content (AvgIpc) is 2.97. The molecule has 0 saturated carbocycles. The van der Waals surface area contributed by atoms with E-state index in [2.05, 4.69) is 10.3 Å². The van der Waals surface area contributed by atoms with E-state index in [4.69, 9.17) is 4.74 Å². The Kier molecular flexibility index (Phi) is 6.64. The Bertz CT molecular complexity index is 461. The topological polar surface area (TPSA) is 76.0 Å². The van der Waals surface area contributed by atoms with Crippen LogP contribution in [0, 0.1) is 0 Å². The number of rotatable bonds is 3. The third-order valence-electron chi connectivity index (χ3n) is 3.14. The molecule has 0 aromatic heterocycles. The van der Waals surface area contributed by atoms with Crippen molar-refractivity contribution in [2.24, 2.45) is 0 Å². The Balaban J connectivity index is 0.00000242. The van der Waals surface area contributed by atoms with Gasteiger partial charge in [-0.1, -0.05) is 4.99 Å². The zero-order chi connectivity index (χ0) is 15.5. The molecule has 2 aliphatic heterocycles. The van der Waals surface area contributed by atoms with Gasteiger partial charge >= 0.3 is 6.09 Å². The van der Waals surface area contributed by atoms with Gasteiger partial charge in [-0.25, -0.2) is 9.69 Å². The molecule has 2 rings (SSSR count). The van der Waals surface area contributed by atoms with E-state index in [0.717, 1.165) is 6.42 Å². The molecule has 2 aliphatic rings. The summed E-state index contributed by atoms with van der Waals surface area (Å²) >= 11 is 0. The summed E-state index contributed by atoms with van der Waals surface area (Å²) in [6, 6.07) is -0.0495. The summed E-state index contributed by atoms with van der Waals surface area (Å²) in [4.78, 5) is 31.2. The Labute approximate surface area is 147 Å². The Morgan fingerprint density at radius 2 is 2.14 bits per heavy atom. The molecule has 2 amide bonds. The van der Waals surface area contributed by atoms with Crippen LogP contribution in [0.5, 0.6) is 0 Å². The fourth-order valence-electron chi connectivity index (χ4n) is 2.22. The molecule has 1 saturated heterocycles. The van der Waals surface area contributed by atoms with Gasteiger partial charge in [0.2, 0.25) is 0 Å². The van der Waals surface area contributed by atoms with Gasteiger partial charge in [-0.15, -0.1) is 0 Å². The summed E-state index contributed by atoms with van der Waals surface area (Å²) in [7, 11) is 0. The first kappa shape index (κ1) is 18.7. The first-order chi connectivity index (χ1) is 9.83. The van der Waals surface area contributed by atoms with E-state index < -0.39 is 11.7 Å². The molecule has 123 valence electrons. The van der Waals surface area contributed by atoms with E-state index in [0.29, 0.717) is 13.1 Å². The van der Waals surface area contributed by atoms with Crippen LogP contribution in [0.1, 0.15) is 27.2 Å². The van der Waals surface area contributed by atoms with E-state index in [1.54, 1.807) is 28.5 Å². The number of ether oxygens (including phenoxy) is 1. The second-order valence-corrected chi connectivity index (χ2v) is 6.21. The lowest BCUT2D eigenvalue weighted by atomic mass is 10.2. The maximum absolute atomic E-state index is 12.1. The van der Waals surface area contributed by atoms with Crippen molar-refractivity contribution in [3.05, 3.63) is 12.4 Å². The number of aliphatic imine (C=N–C) groups is 1. The summed E-state index contributed by atoms with van der Waals surface area (Å²) < 4.78 is 5.21. The number of carbonyl (C=O) groups is 2. The third kappa shape index (κ3) is 5.82. The van der Waals surface area contributed by atoms with Crippen LogP contribution in [-0.4, -0.2) is 59.4 Å². The molecule has 1 unspecified atom stereocenters. The van der Waals surface area contributed by atoms with Crippen LogP contribution < -0.4 is 34.3 Å². The third-order valence-corrected chi connectivity index (χ3v) is 3.14. The highest BCUT2D eigenvalue weighted by atomic mass is 127. The van der Waals surface area contributed by atoms with E-state index >= 15 is 0 Å². The van der Waals surface area contributed by atoms with Gasteiger partial charge in [-0.2, -0.15) is 0 Å². The minimum absolute atomic E-state index is 0. The van der Waals surface area contributed by atoms with Crippen molar-refractivity contribution in [1.82, 2.24) is 20.1 Å². The van der Waals surface area contributed by atoms with Crippen molar-refractivity contribution >= 4 is 18.3 Å². The maximum Gasteiger partial charge on any atom is 0.407 e. The van der Waals surface area contributed by atoms with Gasteiger partial charge in [0.1, 0.15) is 11.8 Å². The van der Waals surface area contributed by atoms with Gasteiger partial charge in [-0.05, 0) is 27.2 Å². The molecular weight excluding hydrogens is 399 g/mol. The summed E-state index contributed by atoms with van der Waals surface area (Å²) in [5.74, 6) is 0.0292. The number of halogens is 1. The summed E-state index contributed by atoms with van der Waals surface area (Å²) in [5, 5.41) is 2.80. The number of hydrogen-bond acceptors (Lipinski definition) is 5. The minimum Gasteiger partial charge on any atom is -1.00 e. The van der Waals surface area contributed by atoms with Crippen LogP contribution in [0.4, 0.5) is 4.79 Å². The zero-order valence-corrected chi connectivity index (χ0v) is 15.2. The molecule has 1 radical (unpaired) electrons. The first-order valence-corrected chi connectivity index (χ1v) is 7.06. The lowest BCUT2D eigenvalue weighted by Crippen LogP contribution is -3.00. The van der Waals surface area contributed by atoms with E-state index in [9.17, 15) is 9.59 Å². The maximum atomic E-state index is 12.1. The van der Waals surface area contributed by atoms with Crippen molar-refractivity contribution < 1.29 is 38.3 Å². The average molecular weight is 421 g/mol. The van der Waals surface area contributed by atoms with Gasteiger partial charge in [-0.3, -0.25) is 4.79 Å². The predicted molar refractivity (Wildman–Crippen MR) is 78.4 cm³/mol. The summed E-state index contributed by atoms with van der Waals surface area (Å²) in [6.45, 7) is 6.91.